The van der Waals surface area contributed by atoms with Crippen molar-refractivity contribution in [2.45, 2.75) is 6.54 Å². The molecule has 1 amide bonds. The second kappa shape index (κ2) is 5.66. The van der Waals surface area contributed by atoms with Gasteiger partial charge < -0.3 is 18.9 Å². The number of nitrogens with one attached hydrogen (secondary N) is 1. The quantitative estimate of drug-likeness (QED) is 0.625. The van der Waals surface area contributed by atoms with Crippen LogP contribution in [-0.2, 0) is 20.6 Å². The maximum Gasteiger partial charge on any atom is 0.268 e. The van der Waals surface area contributed by atoms with Gasteiger partial charge in [-0.3, -0.25) is 9.59 Å². The van der Waals surface area contributed by atoms with E-state index in [1.807, 2.05) is 24.3 Å². The number of fused-ring (bicyclic) bond motifs is 3. The number of benzene rings is 1. The summed E-state index contributed by atoms with van der Waals surface area (Å²) in [6.07, 6.45) is 1.56. The van der Waals surface area contributed by atoms with E-state index in [0.717, 1.165) is 16.4 Å². The highest BCUT2D eigenvalue weighted by Gasteiger charge is 2.18. The van der Waals surface area contributed by atoms with Crippen molar-refractivity contribution < 1.29 is 9.21 Å². The number of furan rings is 1. The van der Waals surface area contributed by atoms with E-state index in [0.29, 0.717) is 23.4 Å². The van der Waals surface area contributed by atoms with Gasteiger partial charge >= 0.3 is 0 Å². The first-order valence-corrected chi connectivity index (χ1v) is 7.95. The molecule has 0 saturated carbocycles. The molecule has 3 heterocycles. The number of aromatic nitrogens is 2. The summed E-state index contributed by atoms with van der Waals surface area (Å²) in [7, 11) is 3.55. The molecule has 126 valence electrons. The van der Waals surface area contributed by atoms with Crippen molar-refractivity contribution >= 4 is 27.7 Å². The van der Waals surface area contributed by atoms with Gasteiger partial charge in [-0.05, 0) is 24.3 Å². The summed E-state index contributed by atoms with van der Waals surface area (Å²) in [4.78, 5) is 25.3. The number of carbonyl (C=O) groups excluding carboxylic acids is 1. The number of rotatable bonds is 3. The lowest BCUT2D eigenvalue weighted by atomic mass is 10.1. The number of carbonyl (C=O) groups is 1. The van der Waals surface area contributed by atoms with Crippen LogP contribution in [0.3, 0.4) is 0 Å². The Kier molecular flexibility index (Phi) is 3.46. The van der Waals surface area contributed by atoms with Crippen LogP contribution < -0.4 is 10.9 Å². The van der Waals surface area contributed by atoms with Crippen molar-refractivity contribution in [1.29, 1.82) is 0 Å². The van der Waals surface area contributed by atoms with Gasteiger partial charge in [-0.25, -0.2) is 0 Å². The number of aryl methyl sites for hydroxylation is 2. The van der Waals surface area contributed by atoms with E-state index in [9.17, 15) is 9.59 Å². The minimum Gasteiger partial charge on any atom is -0.467 e. The largest absolute Gasteiger partial charge is 0.467 e. The minimum absolute atomic E-state index is 0.116. The summed E-state index contributed by atoms with van der Waals surface area (Å²) in [6, 6.07) is 12.9. The third kappa shape index (κ3) is 2.34. The molecule has 25 heavy (non-hydrogen) atoms. The Morgan fingerprint density at radius 3 is 2.64 bits per heavy atom. The third-order valence-corrected chi connectivity index (χ3v) is 4.52. The summed E-state index contributed by atoms with van der Waals surface area (Å²) < 4.78 is 8.61. The number of para-hydroxylation sites is 1. The van der Waals surface area contributed by atoms with Crippen molar-refractivity contribution in [3.8, 4) is 0 Å². The predicted molar refractivity (Wildman–Crippen MR) is 95.5 cm³/mol. The molecule has 0 aliphatic rings. The van der Waals surface area contributed by atoms with E-state index in [1.54, 1.807) is 47.7 Å². The molecule has 0 aliphatic heterocycles. The van der Waals surface area contributed by atoms with Crippen molar-refractivity contribution in [2.24, 2.45) is 14.1 Å². The van der Waals surface area contributed by atoms with Crippen LogP contribution in [0, 0.1) is 0 Å². The van der Waals surface area contributed by atoms with Gasteiger partial charge in [0.2, 0.25) is 0 Å². The fourth-order valence-corrected chi connectivity index (χ4v) is 3.24. The normalized spacial score (nSPS) is 11.3. The zero-order chi connectivity index (χ0) is 17.6. The Hall–Kier alpha value is -3.28. The Labute approximate surface area is 143 Å². The smallest absolute Gasteiger partial charge is 0.268 e. The first kappa shape index (κ1) is 15.3. The van der Waals surface area contributed by atoms with Crippen LogP contribution in [0.5, 0.6) is 0 Å². The zero-order valence-corrected chi connectivity index (χ0v) is 13.9. The average molecular weight is 335 g/mol. The monoisotopic (exact) mass is 335 g/mol. The summed E-state index contributed by atoms with van der Waals surface area (Å²) in [5, 5.41) is 4.29. The first-order chi connectivity index (χ1) is 12.1. The summed E-state index contributed by atoms with van der Waals surface area (Å²) >= 11 is 0. The van der Waals surface area contributed by atoms with Crippen LogP contribution in [0.15, 0.2) is 57.9 Å². The molecule has 0 radical (unpaired) electrons. The second-order valence-corrected chi connectivity index (χ2v) is 5.99. The Morgan fingerprint density at radius 2 is 1.88 bits per heavy atom. The summed E-state index contributed by atoms with van der Waals surface area (Å²) in [5.74, 6) is 0.426. The van der Waals surface area contributed by atoms with Crippen LogP contribution in [0.4, 0.5) is 0 Å². The van der Waals surface area contributed by atoms with Crippen molar-refractivity contribution in [1.82, 2.24) is 14.5 Å². The van der Waals surface area contributed by atoms with Crippen LogP contribution in [0.2, 0.25) is 0 Å². The maximum absolute atomic E-state index is 12.7. The number of pyridine rings is 1. The SMILES string of the molecule is Cn1c(C(=O)NCc2ccco2)cc2c(=O)n(C)c3ccccc3c21. The highest BCUT2D eigenvalue weighted by atomic mass is 16.3. The van der Waals surface area contributed by atoms with Crippen molar-refractivity contribution in [3.63, 3.8) is 0 Å². The summed E-state index contributed by atoms with van der Waals surface area (Å²) in [6.45, 7) is 0.298. The van der Waals surface area contributed by atoms with Crippen LogP contribution >= 0.6 is 0 Å². The van der Waals surface area contributed by atoms with Gasteiger partial charge in [0.1, 0.15) is 11.5 Å². The number of hydrogen-bond acceptors (Lipinski definition) is 3. The summed E-state index contributed by atoms with van der Waals surface area (Å²) in [5.41, 5.74) is 1.93. The molecule has 0 bridgehead atoms. The molecular weight excluding hydrogens is 318 g/mol. The van der Waals surface area contributed by atoms with Crippen LogP contribution in [-0.4, -0.2) is 15.0 Å². The molecule has 6 heteroatoms. The highest BCUT2D eigenvalue weighted by molar-refractivity contribution is 6.08. The van der Waals surface area contributed by atoms with Gasteiger partial charge in [-0.1, -0.05) is 18.2 Å². The Bertz CT molecular complexity index is 1150. The topological polar surface area (TPSA) is 69.2 Å². The molecule has 0 aliphatic carbocycles. The standard InChI is InChI=1S/C19H17N3O3/c1-21-16(18(23)20-11-12-6-5-9-25-12)10-14-17(21)13-7-3-4-8-15(13)22(2)19(14)24/h3-10H,11H2,1-2H3,(H,20,23). The van der Waals surface area contributed by atoms with E-state index >= 15 is 0 Å². The predicted octanol–water partition coefficient (Wildman–Crippen LogP) is 2.55. The fraction of sp³-hybridized carbons (Fsp3) is 0.158. The van der Waals surface area contributed by atoms with E-state index in [1.165, 1.54) is 0 Å². The average Bonchev–Trinajstić information content (AvgIpc) is 3.25. The lowest BCUT2D eigenvalue weighted by Gasteiger charge is -2.09. The number of hydrogen-bond donors (Lipinski definition) is 1. The van der Waals surface area contributed by atoms with Gasteiger partial charge in [0, 0.05) is 19.5 Å². The minimum atomic E-state index is -0.249. The van der Waals surface area contributed by atoms with E-state index in [4.69, 9.17) is 4.42 Å². The molecule has 0 saturated heterocycles. The van der Waals surface area contributed by atoms with Gasteiger partial charge in [0.05, 0.1) is 29.2 Å². The lowest BCUT2D eigenvalue weighted by molar-refractivity contribution is 0.0940. The number of amides is 1. The van der Waals surface area contributed by atoms with Crippen molar-refractivity contribution in [3.05, 3.63) is 70.5 Å². The van der Waals surface area contributed by atoms with Crippen LogP contribution in [0.1, 0.15) is 16.2 Å². The zero-order valence-electron chi connectivity index (χ0n) is 13.9. The molecule has 1 N–H and O–H groups in total. The molecule has 0 spiro atoms. The Morgan fingerprint density at radius 1 is 1.08 bits per heavy atom. The van der Waals surface area contributed by atoms with Crippen LogP contribution in [0.25, 0.3) is 21.8 Å². The first-order valence-electron chi connectivity index (χ1n) is 7.95. The molecule has 4 rings (SSSR count). The maximum atomic E-state index is 12.7. The van der Waals surface area contributed by atoms with Gasteiger partial charge in [0.15, 0.2) is 0 Å². The highest BCUT2D eigenvalue weighted by Crippen LogP contribution is 2.24. The van der Waals surface area contributed by atoms with Gasteiger partial charge in [-0.15, -0.1) is 0 Å². The molecule has 4 aromatic rings. The van der Waals surface area contributed by atoms with E-state index in [2.05, 4.69) is 5.32 Å². The lowest BCUT2D eigenvalue weighted by Crippen LogP contribution is -2.24. The molecule has 1 aromatic carbocycles. The van der Waals surface area contributed by atoms with E-state index < -0.39 is 0 Å². The number of nitrogens with zero attached hydrogens (tertiary/aromatic N) is 2. The second-order valence-electron chi connectivity index (χ2n) is 5.99. The van der Waals surface area contributed by atoms with E-state index in [-0.39, 0.29) is 11.5 Å². The molecule has 0 unspecified atom stereocenters. The van der Waals surface area contributed by atoms with Gasteiger partial charge in [0.25, 0.3) is 11.5 Å². The molecular formula is C19H17N3O3. The Balaban J connectivity index is 1.85. The molecule has 0 fully saturated rings. The molecule has 3 aromatic heterocycles. The van der Waals surface area contributed by atoms with Crippen molar-refractivity contribution in [2.75, 3.05) is 0 Å². The molecule has 0 atom stereocenters. The fourth-order valence-electron chi connectivity index (χ4n) is 3.24. The molecule has 6 nitrogen and oxygen atoms in total. The van der Waals surface area contributed by atoms with Gasteiger partial charge in [-0.2, -0.15) is 0 Å². The third-order valence-electron chi connectivity index (χ3n) is 4.52.